The predicted molar refractivity (Wildman–Crippen MR) is 71.4 cm³/mol. The van der Waals surface area contributed by atoms with Crippen LogP contribution in [0.25, 0.3) is 0 Å². The third-order valence-corrected chi connectivity index (χ3v) is 3.32. The van der Waals surface area contributed by atoms with Crippen LogP contribution in [0.2, 0.25) is 0 Å². The van der Waals surface area contributed by atoms with Crippen molar-refractivity contribution >= 4 is 11.5 Å². The van der Waals surface area contributed by atoms with Gasteiger partial charge in [0.05, 0.1) is 18.8 Å². The number of rotatable bonds is 5. The number of hydrogen-bond donors (Lipinski definition) is 2. The lowest BCUT2D eigenvalue weighted by atomic mass is 10.0. The van der Waals surface area contributed by atoms with Crippen LogP contribution < -0.4 is 16.0 Å². The maximum absolute atomic E-state index is 5.59. The Kier molecular flexibility index (Phi) is 4.24. The van der Waals surface area contributed by atoms with Gasteiger partial charge >= 0.3 is 0 Å². The highest BCUT2D eigenvalue weighted by molar-refractivity contribution is 7.03. The molecule has 1 heterocycles. The Bertz CT molecular complexity index is 501. The summed E-state index contributed by atoms with van der Waals surface area (Å²) in [6, 6.07) is 6.04. The Balaban J connectivity index is 2.24. The summed E-state index contributed by atoms with van der Waals surface area (Å²) in [5.41, 5.74) is 5.92. The van der Waals surface area contributed by atoms with E-state index >= 15 is 0 Å². The van der Waals surface area contributed by atoms with E-state index in [1.165, 1.54) is 17.1 Å². The van der Waals surface area contributed by atoms with E-state index in [0.717, 1.165) is 17.0 Å². The van der Waals surface area contributed by atoms with E-state index in [0.29, 0.717) is 6.42 Å². The second kappa shape index (κ2) is 5.90. The summed E-state index contributed by atoms with van der Waals surface area (Å²) in [5, 5.41) is 5.94. The van der Waals surface area contributed by atoms with E-state index in [9.17, 15) is 0 Å². The molecule has 0 saturated heterocycles. The summed E-state index contributed by atoms with van der Waals surface area (Å²) < 4.78 is 9.22. The van der Waals surface area contributed by atoms with Crippen molar-refractivity contribution in [1.29, 1.82) is 0 Å². The second-order valence-corrected chi connectivity index (χ2v) is 4.68. The molecule has 0 radical (unpaired) electrons. The molecule has 2 rings (SSSR count). The van der Waals surface area contributed by atoms with Crippen molar-refractivity contribution in [2.75, 3.05) is 7.11 Å². The molecule has 6 heteroatoms. The highest BCUT2D eigenvalue weighted by atomic mass is 32.1. The fraction of sp³-hybridized carbons (Fsp3) is 0.333. The number of nitrogens with two attached hydrogens (primary N) is 1. The van der Waals surface area contributed by atoms with Crippen LogP contribution in [-0.4, -0.2) is 16.7 Å². The van der Waals surface area contributed by atoms with Crippen LogP contribution in [0.5, 0.6) is 5.75 Å². The second-order valence-electron chi connectivity index (χ2n) is 4.07. The van der Waals surface area contributed by atoms with Crippen LogP contribution in [0.15, 0.2) is 23.6 Å². The van der Waals surface area contributed by atoms with Crippen molar-refractivity contribution in [2.45, 2.75) is 19.4 Å². The number of nitrogens with zero attached hydrogens (tertiary/aromatic N) is 2. The van der Waals surface area contributed by atoms with Crippen molar-refractivity contribution in [1.82, 2.24) is 15.0 Å². The molecule has 0 aliphatic carbocycles. The highest BCUT2D eigenvalue weighted by Gasteiger charge is 2.15. The number of hydrogen-bond acceptors (Lipinski definition) is 6. The first-order valence-electron chi connectivity index (χ1n) is 5.61. The zero-order valence-corrected chi connectivity index (χ0v) is 11.2. The summed E-state index contributed by atoms with van der Waals surface area (Å²) in [4.78, 5) is 0. The van der Waals surface area contributed by atoms with Crippen LogP contribution in [0.1, 0.15) is 22.9 Å². The fourth-order valence-electron chi connectivity index (χ4n) is 1.86. The molecule has 2 aromatic rings. The molecular formula is C12H16N4OS. The lowest BCUT2D eigenvalue weighted by molar-refractivity contribution is 0.405. The molecule has 0 spiro atoms. The largest absolute Gasteiger partial charge is 0.496 e. The molecule has 0 aliphatic rings. The van der Waals surface area contributed by atoms with Gasteiger partial charge in [0.15, 0.2) is 0 Å². The van der Waals surface area contributed by atoms with Gasteiger partial charge in [-0.15, -0.1) is 5.10 Å². The molecule has 96 valence electrons. The molecular weight excluding hydrogens is 248 g/mol. The quantitative estimate of drug-likeness (QED) is 0.634. The van der Waals surface area contributed by atoms with Gasteiger partial charge in [-0.2, -0.15) is 0 Å². The smallest absolute Gasteiger partial charge is 0.122 e. The van der Waals surface area contributed by atoms with E-state index in [-0.39, 0.29) is 6.04 Å². The van der Waals surface area contributed by atoms with Crippen LogP contribution in [0.4, 0.5) is 0 Å². The maximum Gasteiger partial charge on any atom is 0.122 e. The fourth-order valence-corrected chi connectivity index (χ4v) is 2.37. The third kappa shape index (κ3) is 2.84. The Morgan fingerprint density at radius 3 is 2.94 bits per heavy atom. The van der Waals surface area contributed by atoms with Gasteiger partial charge in [0.25, 0.3) is 0 Å². The van der Waals surface area contributed by atoms with Gasteiger partial charge in [0.2, 0.25) is 0 Å². The minimum atomic E-state index is -0.0561. The molecule has 0 bridgehead atoms. The summed E-state index contributed by atoms with van der Waals surface area (Å²) in [6.07, 6.45) is 0.715. The number of hydrazine groups is 1. The number of ether oxygens (including phenoxy) is 1. The van der Waals surface area contributed by atoms with Gasteiger partial charge in [0, 0.05) is 5.38 Å². The first-order chi connectivity index (χ1) is 8.74. The molecule has 18 heavy (non-hydrogen) atoms. The van der Waals surface area contributed by atoms with E-state index in [1.807, 2.05) is 17.5 Å². The van der Waals surface area contributed by atoms with Crippen LogP contribution in [-0.2, 0) is 6.42 Å². The molecule has 0 amide bonds. The summed E-state index contributed by atoms with van der Waals surface area (Å²) in [7, 11) is 1.67. The molecule has 1 atom stereocenters. The molecule has 1 aromatic carbocycles. The van der Waals surface area contributed by atoms with Crippen LogP contribution in [0.3, 0.4) is 0 Å². The van der Waals surface area contributed by atoms with Gasteiger partial charge < -0.3 is 4.74 Å². The van der Waals surface area contributed by atoms with Gasteiger partial charge in [-0.3, -0.25) is 11.3 Å². The monoisotopic (exact) mass is 264 g/mol. The Morgan fingerprint density at radius 2 is 2.33 bits per heavy atom. The van der Waals surface area contributed by atoms with Crippen molar-refractivity contribution < 1.29 is 4.74 Å². The number of nitrogens with one attached hydrogen (secondary N) is 1. The average molecular weight is 264 g/mol. The number of benzene rings is 1. The summed E-state index contributed by atoms with van der Waals surface area (Å²) >= 11 is 1.32. The zero-order chi connectivity index (χ0) is 13.0. The van der Waals surface area contributed by atoms with Crippen LogP contribution >= 0.6 is 11.5 Å². The van der Waals surface area contributed by atoms with E-state index in [1.54, 1.807) is 7.11 Å². The molecule has 3 N–H and O–H groups in total. The Labute approximate surface area is 110 Å². The third-order valence-electron chi connectivity index (χ3n) is 2.80. The SMILES string of the molecule is COc1ccc(C)cc1CC(NN)c1csnn1. The molecule has 1 aromatic heterocycles. The topological polar surface area (TPSA) is 73.1 Å². The minimum Gasteiger partial charge on any atom is -0.496 e. The van der Waals surface area contributed by atoms with Crippen molar-refractivity contribution in [3.63, 3.8) is 0 Å². The molecule has 1 unspecified atom stereocenters. The van der Waals surface area contributed by atoms with Gasteiger partial charge in [-0.25, -0.2) is 0 Å². The lowest BCUT2D eigenvalue weighted by Gasteiger charge is -2.15. The predicted octanol–water partition coefficient (Wildman–Crippen LogP) is 1.60. The van der Waals surface area contributed by atoms with E-state index in [2.05, 4.69) is 28.0 Å². The van der Waals surface area contributed by atoms with E-state index in [4.69, 9.17) is 10.6 Å². The molecule has 0 fully saturated rings. The normalized spacial score (nSPS) is 12.4. The maximum atomic E-state index is 5.59. The van der Waals surface area contributed by atoms with Crippen LogP contribution in [0, 0.1) is 6.92 Å². The standard InChI is InChI=1S/C12H16N4OS/c1-8-3-4-12(17-2)9(5-8)6-10(14-13)11-7-18-16-15-11/h3-5,7,10,14H,6,13H2,1-2H3. The molecule has 5 nitrogen and oxygen atoms in total. The zero-order valence-electron chi connectivity index (χ0n) is 10.4. The van der Waals surface area contributed by atoms with Crippen molar-refractivity contribution in [3.05, 3.63) is 40.4 Å². The van der Waals surface area contributed by atoms with Crippen molar-refractivity contribution in [3.8, 4) is 5.75 Å². The molecule has 0 aliphatic heterocycles. The Morgan fingerprint density at radius 1 is 1.50 bits per heavy atom. The summed E-state index contributed by atoms with van der Waals surface area (Å²) in [5.74, 6) is 6.45. The van der Waals surface area contributed by atoms with Crippen molar-refractivity contribution in [2.24, 2.45) is 5.84 Å². The average Bonchev–Trinajstić information content (AvgIpc) is 2.90. The van der Waals surface area contributed by atoms with Gasteiger partial charge in [-0.05, 0) is 36.5 Å². The number of aromatic nitrogens is 2. The van der Waals surface area contributed by atoms with Gasteiger partial charge in [-0.1, -0.05) is 22.2 Å². The highest BCUT2D eigenvalue weighted by Crippen LogP contribution is 2.25. The first kappa shape index (κ1) is 12.9. The molecule has 0 saturated carbocycles. The lowest BCUT2D eigenvalue weighted by Crippen LogP contribution is -2.30. The Hall–Kier alpha value is -1.50. The number of aryl methyl sites for hydroxylation is 1. The van der Waals surface area contributed by atoms with Gasteiger partial charge in [0.1, 0.15) is 5.75 Å². The summed E-state index contributed by atoms with van der Waals surface area (Å²) in [6.45, 7) is 2.05. The first-order valence-corrected chi connectivity index (χ1v) is 6.45. The minimum absolute atomic E-state index is 0.0561. The van der Waals surface area contributed by atoms with E-state index < -0.39 is 0 Å². The number of methoxy groups -OCH3 is 1.